The second kappa shape index (κ2) is 7.56. The van der Waals surface area contributed by atoms with Crippen molar-refractivity contribution >= 4 is 5.96 Å². The normalized spacial score (nSPS) is 12.1. The fraction of sp³-hybridized carbons (Fsp3) is 0.357. The van der Waals surface area contributed by atoms with E-state index in [1.807, 2.05) is 6.92 Å². The maximum absolute atomic E-state index is 12.0. The van der Waals surface area contributed by atoms with Crippen LogP contribution in [0.4, 0.5) is 13.2 Å². The molecule has 1 aromatic carbocycles. The molecule has 3 N–H and O–H groups in total. The highest BCUT2D eigenvalue weighted by molar-refractivity contribution is 5.77. The molecule has 1 rings (SSSR count). The summed E-state index contributed by atoms with van der Waals surface area (Å²) in [5, 5.41) is 2.91. The first-order chi connectivity index (χ1) is 9.76. The van der Waals surface area contributed by atoms with E-state index in [0.29, 0.717) is 25.5 Å². The summed E-state index contributed by atoms with van der Waals surface area (Å²) in [5.74, 6) is 0.0803. The third-order valence-electron chi connectivity index (χ3n) is 2.40. The number of hydrogen-bond acceptors (Lipinski definition) is 2. The lowest BCUT2D eigenvalue weighted by Crippen LogP contribution is -2.33. The van der Waals surface area contributed by atoms with Crippen molar-refractivity contribution < 1.29 is 17.9 Å². The van der Waals surface area contributed by atoms with Gasteiger partial charge in [0.1, 0.15) is 5.75 Å². The Labute approximate surface area is 121 Å². The minimum absolute atomic E-state index is 0.234. The molecule has 0 heterocycles. The summed E-state index contributed by atoms with van der Waals surface area (Å²) in [4.78, 5) is 4.05. The van der Waals surface area contributed by atoms with Gasteiger partial charge < -0.3 is 15.8 Å². The topological polar surface area (TPSA) is 59.6 Å². The minimum atomic E-state index is -4.67. The Morgan fingerprint density at radius 3 is 2.48 bits per heavy atom. The average molecular weight is 301 g/mol. The molecule has 0 aromatic heterocycles. The van der Waals surface area contributed by atoms with Gasteiger partial charge in [0.15, 0.2) is 5.96 Å². The fourth-order valence-electron chi connectivity index (χ4n) is 1.47. The maximum Gasteiger partial charge on any atom is 0.573 e. The summed E-state index contributed by atoms with van der Waals surface area (Å²) in [6.07, 6.45) is -4.06. The molecule has 0 aliphatic heterocycles. The van der Waals surface area contributed by atoms with Crippen molar-refractivity contribution in [3.8, 4) is 5.75 Å². The number of rotatable bonds is 6. The van der Waals surface area contributed by atoms with Crippen LogP contribution in [-0.2, 0) is 6.42 Å². The van der Waals surface area contributed by atoms with Gasteiger partial charge >= 0.3 is 6.36 Å². The van der Waals surface area contributed by atoms with E-state index in [-0.39, 0.29) is 5.75 Å². The Morgan fingerprint density at radius 2 is 1.95 bits per heavy atom. The molecule has 7 heteroatoms. The molecule has 0 amide bonds. The van der Waals surface area contributed by atoms with Crippen LogP contribution in [0, 0.1) is 0 Å². The van der Waals surface area contributed by atoms with Crippen molar-refractivity contribution in [1.82, 2.24) is 5.32 Å². The Morgan fingerprint density at radius 1 is 1.33 bits per heavy atom. The largest absolute Gasteiger partial charge is 0.573 e. The summed E-state index contributed by atoms with van der Waals surface area (Å²) in [6.45, 7) is 6.55. The second-order valence-corrected chi connectivity index (χ2v) is 4.53. The van der Waals surface area contributed by atoms with E-state index in [0.717, 1.165) is 11.1 Å². The number of benzene rings is 1. The molecule has 0 fully saturated rings. The van der Waals surface area contributed by atoms with Crippen molar-refractivity contribution in [3.05, 3.63) is 42.0 Å². The molecule has 0 aliphatic rings. The smallest absolute Gasteiger partial charge is 0.406 e. The van der Waals surface area contributed by atoms with Crippen LogP contribution in [0.2, 0.25) is 0 Å². The number of nitrogens with one attached hydrogen (secondary N) is 1. The first kappa shape index (κ1) is 16.9. The molecule has 0 bridgehead atoms. The van der Waals surface area contributed by atoms with Crippen LogP contribution >= 0.6 is 0 Å². The number of halogens is 3. The number of alkyl halides is 3. The molecule has 0 radical (unpaired) electrons. The zero-order chi connectivity index (χ0) is 15.9. The molecule has 1 aromatic rings. The van der Waals surface area contributed by atoms with Crippen molar-refractivity contribution in [2.24, 2.45) is 10.7 Å². The molecule has 4 nitrogen and oxygen atoms in total. The van der Waals surface area contributed by atoms with E-state index < -0.39 is 6.36 Å². The molecule has 0 saturated heterocycles. The molecule has 0 aliphatic carbocycles. The van der Waals surface area contributed by atoms with Gasteiger partial charge in [-0.25, -0.2) is 4.99 Å². The summed E-state index contributed by atoms with van der Waals surface area (Å²) >= 11 is 0. The number of guanidine groups is 1. The Balaban J connectivity index is 2.39. The SMILES string of the molecule is C=C(C)CN=C(N)NCCc1ccc(OC(F)(F)F)cc1. The van der Waals surface area contributed by atoms with Crippen LogP contribution in [0.5, 0.6) is 5.75 Å². The van der Waals surface area contributed by atoms with Crippen LogP contribution in [0.3, 0.4) is 0 Å². The van der Waals surface area contributed by atoms with Gasteiger partial charge in [0, 0.05) is 6.54 Å². The van der Waals surface area contributed by atoms with Crippen molar-refractivity contribution in [2.75, 3.05) is 13.1 Å². The summed E-state index contributed by atoms with van der Waals surface area (Å²) in [7, 11) is 0. The predicted molar refractivity (Wildman–Crippen MR) is 76.1 cm³/mol. The summed E-state index contributed by atoms with van der Waals surface area (Å²) in [6, 6.07) is 5.70. The van der Waals surface area contributed by atoms with Gasteiger partial charge in [0.05, 0.1) is 6.54 Å². The third kappa shape index (κ3) is 7.86. The van der Waals surface area contributed by atoms with Gasteiger partial charge in [0.2, 0.25) is 0 Å². The number of hydrogen-bond donors (Lipinski definition) is 2. The Bertz CT molecular complexity index is 495. The lowest BCUT2D eigenvalue weighted by atomic mass is 10.1. The van der Waals surface area contributed by atoms with Gasteiger partial charge in [-0.05, 0) is 31.0 Å². The van der Waals surface area contributed by atoms with Gasteiger partial charge in [-0.2, -0.15) is 0 Å². The Hall–Kier alpha value is -2.18. The quantitative estimate of drug-likeness (QED) is 0.482. The van der Waals surface area contributed by atoms with Gasteiger partial charge in [-0.15, -0.1) is 13.2 Å². The molecule has 0 spiro atoms. The van der Waals surface area contributed by atoms with Gasteiger partial charge in [0.25, 0.3) is 0 Å². The van der Waals surface area contributed by atoms with E-state index in [4.69, 9.17) is 5.73 Å². The van der Waals surface area contributed by atoms with Crippen molar-refractivity contribution in [2.45, 2.75) is 19.7 Å². The van der Waals surface area contributed by atoms with Crippen molar-refractivity contribution in [1.29, 1.82) is 0 Å². The van der Waals surface area contributed by atoms with Crippen LogP contribution in [0.1, 0.15) is 12.5 Å². The lowest BCUT2D eigenvalue weighted by Gasteiger charge is -2.09. The van der Waals surface area contributed by atoms with E-state index in [1.165, 1.54) is 12.1 Å². The van der Waals surface area contributed by atoms with Crippen LogP contribution in [0.15, 0.2) is 41.4 Å². The number of aliphatic imine (C=N–C) groups is 1. The standard InChI is InChI=1S/C14H18F3N3O/c1-10(2)9-20-13(18)19-8-7-11-3-5-12(6-4-11)21-14(15,16)17/h3-6H,1,7-9H2,2H3,(H3,18,19,20). The monoisotopic (exact) mass is 301 g/mol. The second-order valence-electron chi connectivity index (χ2n) is 4.53. The van der Waals surface area contributed by atoms with Crippen LogP contribution in [-0.4, -0.2) is 25.4 Å². The van der Waals surface area contributed by atoms with E-state index in [9.17, 15) is 13.2 Å². The highest BCUT2D eigenvalue weighted by atomic mass is 19.4. The fourth-order valence-corrected chi connectivity index (χ4v) is 1.47. The highest BCUT2D eigenvalue weighted by Crippen LogP contribution is 2.22. The minimum Gasteiger partial charge on any atom is -0.406 e. The first-order valence-electron chi connectivity index (χ1n) is 6.29. The summed E-state index contributed by atoms with van der Waals surface area (Å²) < 4.78 is 39.8. The first-order valence-corrected chi connectivity index (χ1v) is 6.29. The van der Waals surface area contributed by atoms with Crippen LogP contribution in [0.25, 0.3) is 0 Å². The molecule has 0 saturated carbocycles. The average Bonchev–Trinajstić information content (AvgIpc) is 2.37. The van der Waals surface area contributed by atoms with Gasteiger partial charge in [-0.3, -0.25) is 0 Å². The maximum atomic E-state index is 12.0. The number of ether oxygens (including phenoxy) is 1. The lowest BCUT2D eigenvalue weighted by molar-refractivity contribution is -0.274. The van der Waals surface area contributed by atoms with E-state index >= 15 is 0 Å². The molecule has 0 unspecified atom stereocenters. The Kier molecular flexibility index (Phi) is 6.08. The number of nitrogens with two attached hydrogens (primary N) is 1. The van der Waals surface area contributed by atoms with Gasteiger partial charge in [-0.1, -0.05) is 24.3 Å². The molecular formula is C14H18F3N3O. The zero-order valence-corrected chi connectivity index (χ0v) is 11.7. The molecular weight excluding hydrogens is 283 g/mol. The zero-order valence-electron chi connectivity index (χ0n) is 11.7. The molecule has 116 valence electrons. The molecule has 21 heavy (non-hydrogen) atoms. The highest BCUT2D eigenvalue weighted by Gasteiger charge is 2.30. The number of nitrogens with zero attached hydrogens (tertiary/aromatic N) is 1. The summed E-state index contributed by atoms with van der Waals surface area (Å²) in [5.41, 5.74) is 7.40. The predicted octanol–water partition coefficient (Wildman–Crippen LogP) is 2.61. The van der Waals surface area contributed by atoms with Crippen LogP contribution < -0.4 is 15.8 Å². The molecule has 0 atom stereocenters. The van der Waals surface area contributed by atoms with E-state index in [2.05, 4.69) is 21.6 Å². The van der Waals surface area contributed by atoms with E-state index in [1.54, 1.807) is 12.1 Å². The third-order valence-corrected chi connectivity index (χ3v) is 2.40. The van der Waals surface area contributed by atoms with Crippen molar-refractivity contribution in [3.63, 3.8) is 0 Å².